The van der Waals surface area contributed by atoms with Crippen LogP contribution in [0.2, 0.25) is 0 Å². The summed E-state index contributed by atoms with van der Waals surface area (Å²) in [7, 11) is 0. The number of benzene rings is 1. The first-order chi connectivity index (χ1) is 5.95. The van der Waals surface area contributed by atoms with Crippen molar-refractivity contribution >= 4 is 6.21 Å². The highest BCUT2D eigenvalue weighted by Crippen LogP contribution is 2.06. The van der Waals surface area contributed by atoms with Crippen molar-refractivity contribution in [3.05, 3.63) is 42.4 Å². The minimum absolute atomic E-state index is 1.18. The van der Waals surface area contributed by atoms with Gasteiger partial charge in [0.1, 0.15) is 6.54 Å². The summed E-state index contributed by atoms with van der Waals surface area (Å²) in [6.45, 7) is 3.43. The second-order valence-corrected chi connectivity index (χ2v) is 3.10. The molecule has 0 bridgehead atoms. The molecular formula is C11H13N. The van der Waals surface area contributed by atoms with Crippen LogP contribution in [-0.2, 0) is 0 Å². The van der Waals surface area contributed by atoms with Gasteiger partial charge < -0.3 is 4.58 Å². The Labute approximate surface area is 73.4 Å². The average molecular weight is 159 g/mol. The van der Waals surface area contributed by atoms with E-state index in [2.05, 4.69) is 41.6 Å². The van der Waals surface area contributed by atoms with Crippen molar-refractivity contribution in [3.63, 3.8) is 0 Å². The SMILES string of the molecule is C(c1ccccc1)=[N+]1[CH-]CCC1. The molecule has 1 heterocycles. The lowest BCUT2D eigenvalue weighted by atomic mass is 10.2. The highest BCUT2D eigenvalue weighted by molar-refractivity contribution is 5.75. The van der Waals surface area contributed by atoms with Crippen LogP contribution in [0.1, 0.15) is 18.4 Å². The lowest BCUT2D eigenvalue weighted by Gasteiger charge is -2.00. The van der Waals surface area contributed by atoms with E-state index in [1.165, 1.54) is 24.9 Å². The third kappa shape index (κ3) is 1.67. The monoisotopic (exact) mass is 159 g/mol. The van der Waals surface area contributed by atoms with E-state index in [0.717, 1.165) is 0 Å². The van der Waals surface area contributed by atoms with Crippen LogP contribution in [0.15, 0.2) is 30.3 Å². The lowest BCUT2D eigenvalue weighted by molar-refractivity contribution is -0.463. The maximum Gasteiger partial charge on any atom is 0.114 e. The second-order valence-electron chi connectivity index (χ2n) is 3.10. The first kappa shape index (κ1) is 7.41. The second kappa shape index (κ2) is 3.44. The van der Waals surface area contributed by atoms with Crippen molar-refractivity contribution in [2.45, 2.75) is 12.8 Å². The molecule has 0 N–H and O–H groups in total. The Bertz CT molecular complexity index is 266. The summed E-state index contributed by atoms with van der Waals surface area (Å²) in [5.74, 6) is 0. The number of hydrogen-bond acceptors (Lipinski definition) is 0. The van der Waals surface area contributed by atoms with Gasteiger partial charge in [0.25, 0.3) is 0 Å². The molecule has 0 amide bonds. The molecule has 1 aromatic carbocycles. The Morgan fingerprint density at radius 2 is 2.08 bits per heavy atom. The van der Waals surface area contributed by atoms with Crippen LogP contribution in [0.25, 0.3) is 0 Å². The molecule has 0 saturated carbocycles. The third-order valence-electron chi connectivity index (χ3n) is 2.10. The minimum atomic E-state index is 1.18. The Kier molecular flexibility index (Phi) is 2.12. The lowest BCUT2D eigenvalue weighted by Crippen LogP contribution is -2.03. The zero-order chi connectivity index (χ0) is 8.23. The molecule has 1 saturated heterocycles. The molecule has 1 nitrogen and oxygen atoms in total. The molecule has 0 radical (unpaired) electrons. The largest absolute Gasteiger partial charge is 0.365 e. The molecule has 0 spiro atoms. The minimum Gasteiger partial charge on any atom is -0.365 e. The van der Waals surface area contributed by atoms with Gasteiger partial charge in [0.15, 0.2) is 0 Å². The van der Waals surface area contributed by atoms with E-state index in [0.29, 0.717) is 0 Å². The summed E-state index contributed by atoms with van der Waals surface area (Å²) in [6, 6.07) is 10.5. The molecule has 0 atom stereocenters. The van der Waals surface area contributed by atoms with Crippen molar-refractivity contribution < 1.29 is 4.58 Å². The number of hydrogen-bond donors (Lipinski definition) is 0. The molecule has 1 aliphatic rings. The van der Waals surface area contributed by atoms with Crippen molar-refractivity contribution in [1.82, 2.24) is 0 Å². The van der Waals surface area contributed by atoms with E-state index in [4.69, 9.17) is 0 Å². The quantitative estimate of drug-likeness (QED) is 0.436. The molecule has 1 aliphatic heterocycles. The summed E-state index contributed by atoms with van der Waals surface area (Å²) in [6.07, 6.45) is 4.72. The zero-order valence-corrected chi connectivity index (χ0v) is 7.11. The van der Waals surface area contributed by atoms with Crippen molar-refractivity contribution in [3.8, 4) is 0 Å². The van der Waals surface area contributed by atoms with E-state index in [1.54, 1.807) is 0 Å². The number of rotatable bonds is 1. The molecule has 62 valence electrons. The van der Waals surface area contributed by atoms with Gasteiger partial charge in [-0.3, -0.25) is 0 Å². The molecule has 1 heteroatoms. The Hall–Kier alpha value is -1.24. The van der Waals surface area contributed by atoms with Crippen LogP contribution in [0.3, 0.4) is 0 Å². The number of nitrogens with zero attached hydrogens (tertiary/aromatic N) is 1. The fourth-order valence-electron chi connectivity index (χ4n) is 1.47. The van der Waals surface area contributed by atoms with Crippen LogP contribution < -0.4 is 0 Å². The normalized spacial score (nSPS) is 19.5. The summed E-state index contributed by atoms with van der Waals surface area (Å²) >= 11 is 0. The zero-order valence-electron chi connectivity index (χ0n) is 7.11. The first-order valence-electron chi connectivity index (χ1n) is 4.44. The van der Waals surface area contributed by atoms with Gasteiger partial charge in [-0.2, -0.15) is 0 Å². The molecule has 0 unspecified atom stereocenters. The Morgan fingerprint density at radius 3 is 2.75 bits per heavy atom. The van der Waals surface area contributed by atoms with Gasteiger partial charge in [0.2, 0.25) is 0 Å². The smallest absolute Gasteiger partial charge is 0.114 e. The van der Waals surface area contributed by atoms with E-state index >= 15 is 0 Å². The van der Waals surface area contributed by atoms with Gasteiger partial charge in [0.05, 0.1) is 0 Å². The highest BCUT2D eigenvalue weighted by Gasteiger charge is 2.03. The fraction of sp³-hybridized carbons (Fsp3) is 0.273. The van der Waals surface area contributed by atoms with Crippen LogP contribution in [0, 0.1) is 6.54 Å². The van der Waals surface area contributed by atoms with Gasteiger partial charge in [-0.15, -0.1) is 0 Å². The van der Waals surface area contributed by atoms with E-state index in [9.17, 15) is 0 Å². The molecule has 1 aromatic rings. The highest BCUT2D eigenvalue weighted by atomic mass is 15.0. The van der Waals surface area contributed by atoms with Gasteiger partial charge in [-0.05, 0) is 18.4 Å². The van der Waals surface area contributed by atoms with Gasteiger partial charge in [-0.1, -0.05) is 30.3 Å². The van der Waals surface area contributed by atoms with Gasteiger partial charge >= 0.3 is 0 Å². The summed E-state index contributed by atoms with van der Waals surface area (Å²) in [5, 5.41) is 0. The molecule has 0 aromatic heterocycles. The summed E-state index contributed by atoms with van der Waals surface area (Å²) < 4.78 is 2.27. The van der Waals surface area contributed by atoms with E-state index in [-0.39, 0.29) is 0 Å². The average Bonchev–Trinajstić information content (AvgIpc) is 2.59. The van der Waals surface area contributed by atoms with Crippen LogP contribution in [0.5, 0.6) is 0 Å². The predicted molar refractivity (Wildman–Crippen MR) is 50.3 cm³/mol. The van der Waals surface area contributed by atoms with Crippen molar-refractivity contribution in [2.24, 2.45) is 0 Å². The molecule has 0 aliphatic carbocycles. The van der Waals surface area contributed by atoms with Crippen LogP contribution in [0.4, 0.5) is 0 Å². The fourth-order valence-corrected chi connectivity index (χ4v) is 1.47. The maximum absolute atomic E-state index is 2.27. The van der Waals surface area contributed by atoms with Crippen molar-refractivity contribution in [2.75, 3.05) is 6.54 Å². The van der Waals surface area contributed by atoms with Crippen LogP contribution in [-0.4, -0.2) is 17.3 Å². The van der Waals surface area contributed by atoms with Gasteiger partial charge in [-0.25, -0.2) is 0 Å². The maximum atomic E-state index is 2.27. The molecule has 1 fully saturated rings. The molecule has 2 rings (SSSR count). The summed E-state index contributed by atoms with van der Waals surface area (Å²) in [4.78, 5) is 0. The Morgan fingerprint density at radius 1 is 1.25 bits per heavy atom. The van der Waals surface area contributed by atoms with Crippen molar-refractivity contribution in [1.29, 1.82) is 0 Å². The summed E-state index contributed by atoms with van der Waals surface area (Å²) in [5.41, 5.74) is 1.29. The topological polar surface area (TPSA) is 3.01 Å². The molecular weight excluding hydrogens is 146 g/mol. The van der Waals surface area contributed by atoms with Crippen LogP contribution >= 0.6 is 0 Å². The third-order valence-corrected chi connectivity index (χ3v) is 2.10. The Balaban J connectivity index is 2.16. The van der Waals surface area contributed by atoms with E-state index < -0.39 is 0 Å². The standard InChI is InChI=1S/C11H13N/c1-2-6-11(7-3-1)10-12-8-4-5-9-12/h1-3,6-8,10H,4-5,9H2. The first-order valence-corrected chi connectivity index (χ1v) is 4.44. The van der Waals surface area contributed by atoms with Gasteiger partial charge in [0, 0.05) is 12.8 Å². The molecule has 12 heavy (non-hydrogen) atoms. The predicted octanol–water partition coefficient (Wildman–Crippen LogP) is 2.07. The van der Waals surface area contributed by atoms with E-state index in [1.807, 2.05) is 6.07 Å².